The maximum absolute atomic E-state index is 13.2. The van der Waals surface area contributed by atoms with Crippen molar-refractivity contribution in [2.24, 2.45) is 0 Å². The molecule has 0 fully saturated rings. The standard InChI is InChI=1S/C15H21ClFNO2/c1-2-3-4-5-9-18(10-8-15(19)20)12-6-7-14(17)13(16)11-12/h6-7,11H,2-5,8-10H2,1H3,(H,19,20). The van der Waals surface area contributed by atoms with Crippen LogP contribution in [-0.2, 0) is 4.79 Å². The van der Waals surface area contributed by atoms with Gasteiger partial charge in [0.25, 0.3) is 0 Å². The molecule has 0 heterocycles. The van der Waals surface area contributed by atoms with Crippen molar-refractivity contribution in [3.8, 4) is 0 Å². The fourth-order valence-electron chi connectivity index (χ4n) is 2.01. The Morgan fingerprint density at radius 2 is 2.05 bits per heavy atom. The maximum atomic E-state index is 13.2. The number of aliphatic carboxylic acids is 1. The van der Waals surface area contributed by atoms with Crippen molar-refractivity contribution >= 4 is 23.3 Å². The summed E-state index contributed by atoms with van der Waals surface area (Å²) in [5.74, 6) is -1.30. The lowest BCUT2D eigenvalue weighted by Crippen LogP contribution is -2.27. The number of anilines is 1. The van der Waals surface area contributed by atoms with Crippen LogP contribution in [0.25, 0.3) is 0 Å². The molecule has 0 unspecified atom stereocenters. The van der Waals surface area contributed by atoms with E-state index in [0.29, 0.717) is 6.54 Å². The minimum absolute atomic E-state index is 0.0583. The smallest absolute Gasteiger partial charge is 0.305 e. The van der Waals surface area contributed by atoms with E-state index in [1.54, 1.807) is 12.1 Å². The van der Waals surface area contributed by atoms with E-state index < -0.39 is 11.8 Å². The first-order valence-corrected chi connectivity index (χ1v) is 7.34. The maximum Gasteiger partial charge on any atom is 0.305 e. The van der Waals surface area contributed by atoms with E-state index in [1.807, 2.05) is 4.90 Å². The molecule has 0 aromatic heterocycles. The van der Waals surface area contributed by atoms with Crippen LogP contribution in [0.1, 0.15) is 39.0 Å². The molecule has 1 rings (SSSR count). The number of rotatable bonds is 9. The third kappa shape index (κ3) is 5.78. The molecule has 3 nitrogen and oxygen atoms in total. The van der Waals surface area contributed by atoms with Gasteiger partial charge in [0.15, 0.2) is 0 Å². The average molecular weight is 302 g/mol. The summed E-state index contributed by atoms with van der Waals surface area (Å²) in [5.41, 5.74) is 0.772. The second-order valence-corrected chi connectivity index (χ2v) is 5.20. The van der Waals surface area contributed by atoms with Crippen molar-refractivity contribution in [3.05, 3.63) is 29.0 Å². The van der Waals surface area contributed by atoms with Crippen LogP contribution in [0, 0.1) is 5.82 Å². The van der Waals surface area contributed by atoms with Gasteiger partial charge in [-0.15, -0.1) is 0 Å². The Labute approximate surface area is 124 Å². The molecule has 0 bridgehead atoms. The molecule has 0 saturated heterocycles. The summed E-state index contributed by atoms with van der Waals surface area (Å²) in [7, 11) is 0. The van der Waals surface area contributed by atoms with Crippen LogP contribution in [-0.4, -0.2) is 24.2 Å². The first-order valence-electron chi connectivity index (χ1n) is 6.96. The summed E-state index contributed by atoms with van der Waals surface area (Å²) in [6.07, 6.45) is 4.47. The van der Waals surface area contributed by atoms with Gasteiger partial charge in [-0.2, -0.15) is 0 Å². The van der Waals surface area contributed by atoms with E-state index in [0.717, 1.165) is 37.9 Å². The van der Waals surface area contributed by atoms with Crippen LogP contribution in [0.5, 0.6) is 0 Å². The summed E-state index contributed by atoms with van der Waals surface area (Å²) < 4.78 is 13.2. The number of hydrogen-bond donors (Lipinski definition) is 1. The molecular formula is C15H21ClFNO2. The second kappa shape index (κ2) is 8.80. The highest BCUT2D eigenvalue weighted by atomic mass is 35.5. The van der Waals surface area contributed by atoms with Crippen molar-refractivity contribution in [2.75, 3.05) is 18.0 Å². The van der Waals surface area contributed by atoms with Gasteiger partial charge in [-0.25, -0.2) is 4.39 Å². The lowest BCUT2D eigenvalue weighted by atomic mass is 10.2. The molecule has 0 aliphatic heterocycles. The number of hydrogen-bond acceptors (Lipinski definition) is 2. The largest absolute Gasteiger partial charge is 0.481 e. The molecule has 5 heteroatoms. The second-order valence-electron chi connectivity index (χ2n) is 4.79. The number of unbranched alkanes of at least 4 members (excludes halogenated alkanes) is 3. The van der Waals surface area contributed by atoms with E-state index in [1.165, 1.54) is 6.07 Å². The first-order chi connectivity index (χ1) is 9.54. The van der Waals surface area contributed by atoms with Gasteiger partial charge < -0.3 is 10.0 Å². The Morgan fingerprint density at radius 3 is 2.65 bits per heavy atom. The number of nitrogens with zero attached hydrogens (tertiary/aromatic N) is 1. The van der Waals surface area contributed by atoms with Gasteiger partial charge in [-0.1, -0.05) is 37.8 Å². The third-order valence-electron chi connectivity index (χ3n) is 3.15. The first kappa shape index (κ1) is 16.8. The number of carbonyl (C=O) groups is 1. The third-order valence-corrected chi connectivity index (χ3v) is 3.44. The Morgan fingerprint density at radius 1 is 1.30 bits per heavy atom. The van der Waals surface area contributed by atoms with Crippen molar-refractivity contribution in [3.63, 3.8) is 0 Å². The SMILES string of the molecule is CCCCCCN(CCC(=O)O)c1ccc(F)c(Cl)c1. The van der Waals surface area contributed by atoms with Gasteiger partial charge in [-0.05, 0) is 24.6 Å². The molecule has 0 atom stereocenters. The number of halogens is 2. The van der Waals surface area contributed by atoms with Gasteiger partial charge >= 0.3 is 5.97 Å². The van der Waals surface area contributed by atoms with Crippen molar-refractivity contribution in [2.45, 2.75) is 39.0 Å². The highest BCUT2D eigenvalue weighted by Gasteiger charge is 2.10. The molecular weight excluding hydrogens is 281 g/mol. The topological polar surface area (TPSA) is 40.5 Å². The quantitative estimate of drug-likeness (QED) is 0.690. The molecule has 20 heavy (non-hydrogen) atoms. The molecule has 0 amide bonds. The zero-order valence-electron chi connectivity index (χ0n) is 11.7. The van der Waals surface area contributed by atoms with E-state index >= 15 is 0 Å². The summed E-state index contributed by atoms with van der Waals surface area (Å²) >= 11 is 5.79. The molecule has 0 aliphatic rings. The Hall–Kier alpha value is -1.29. The Bertz CT molecular complexity index is 440. The number of benzene rings is 1. The monoisotopic (exact) mass is 301 g/mol. The minimum atomic E-state index is -0.836. The molecule has 0 aliphatic carbocycles. The lowest BCUT2D eigenvalue weighted by Gasteiger charge is -2.24. The summed E-state index contributed by atoms with van der Waals surface area (Å²) in [6, 6.07) is 4.51. The lowest BCUT2D eigenvalue weighted by molar-refractivity contribution is -0.136. The van der Waals surface area contributed by atoms with E-state index in [9.17, 15) is 9.18 Å². The van der Waals surface area contributed by atoms with Gasteiger partial charge in [0, 0.05) is 18.8 Å². The van der Waals surface area contributed by atoms with Crippen LogP contribution in [0.2, 0.25) is 5.02 Å². The van der Waals surface area contributed by atoms with Crippen LogP contribution < -0.4 is 4.90 Å². The summed E-state index contributed by atoms with van der Waals surface area (Å²) in [6.45, 7) is 3.31. The molecule has 0 saturated carbocycles. The average Bonchev–Trinajstić information content (AvgIpc) is 2.41. The van der Waals surface area contributed by atoms with E-state index in [4.69, 9.17) is 16.7 Å². The Balaban J connectivity index is 2.68. The minimum Gasteiger partial charge on any atom is -0.481 e. The molecule has 1 aromatic rings. The molecule has 0 spiro atoms. The van der Waals surface area contributed by atoms with Crippen molar-refractivity contribution < 1.29 is 14.3 Å². The van der Waals surface area contributed by atoms with E-state index in [2.05, 4.69) is 6.92 Å². The highest BCUT2D eigenvalue weighted by molar-refractivity contribution is 6.31. The fourth-order valence-corrected chi connectivity index (χ4v) is 2.19. The molecule has 112 valence electrons. The van der Waals surface area contributed by atoms with Gasteiger partial charge in [0.1, 0.15) is 5.82 Å². The Kier molecular flexibility index (Phi) is 7.37. The fraction of sp³-hybridized carbons (Fsp3) is 0.533. The normalized spacial score (nSPS) is 10.6. The summed E-state index contributed by atoms with van der Waals surface area (Å²) in [4.78, 5) is 12.7. The van der Waals surface area contributed by atoms with E-state index in [-0.39, 0.29) is 11.4 Å². The van der Waals surface area contributed by atoms with Crippen molar-refractivity contribution in [1.29, 1.82) is 0 Å². The van der Waals surface area contributed by atoms with Crippen LogP contribution in [0.3, 0.4) is 0 Å². The van der Waals surface area contributed by atoms with Crippen LogP contribution in [0.15, 0.2) is 18.2 Å². The van der Waals surface area contributed by atoms with Crippen LogP contribution >= 0.6 is 11.6 Å². The van der Waals surface area contributed by atoms with Crippen LogP contribution in [0.4, 0.5) is 10.1 Å². The zero-order chi connectivity index (χ0) is 15.0. The van der Waals surface area contributed by atoms with Crippen molar-refractivity contribution in [1.82, 2.24) is 0 Å². The molecule has 1 aromatic carbocycles. The molecule has 0 radical (unpaired) electrons. The highest BCUT2D eigenvalue weighted by Crippen LogP contribution is 2.23. The van der Waals surface area contributed by atoms with Gasteiger partial charge in [0.2, 0.25) is 0 Å². The van der Waals surface area contributed by atoms with Gasteiger partial charge in [-0.3, -0.25) is 4.79 Å². The van der Waals surface area contributed by atoms with Gasteiger partial charge in [0.05, 0.1) is 11.4 Å². The number of carboxylic acid groups (broad SMARTS) is 1. The predicted molar refractivity (Wildman–Crippen MR) is 80.0 cm³/mol. The zero-order valence-corrected chi connectivity index (χ0v) is 12.5. The number of carboxylic acids is 1. The predicted octanol–water partition coefficient (Wildman–Crippen LogP) is 4.34. The molecule has 1 N–H and O–H groups in total. The summed E-state index contributed by atoms with van der Waals surface area (Å²) in [5, 5.41) is 8.87.